The van der Waals surface area contributed by atoms with Gasteiger partial charge in [0.2, 0.25) is 0 Å². The fourth-order valence-electron chi connectivity index (χ4n) is 7.12. The van der Waals surface area contributed by atoms with Crippen LogP contribution in [-0.2, 0) is 0 Å². The summed E-state index contributed by atoms with van der Waals surface area (Å²) in [6, 6.07) is 75.2. The van der Waals surface area contributed by atoms with Crippen LogP contribution >= 0.6 is 0 Å². The minimum atomic E-state index is 1.09. The maximum atomic E-state index is 3.08. The molecule has 0 bridgehead atoms. The number of rotatable bonds is 7. The first-order chi connectivity index (χ1) is 24.8. The van der Waals surface area contributed by atoms with Crippen molar-refractivity contribution in [2.24, 2.45) is 0 Å². The molecule has 0 spiro atoms. The van der Waals surface area contributed by atoms with E-state index in [0.29, 0.717) is 0 Å². The van der Waals surface area contributed by atoms with E-state index in [-0.39, 0.29) is 0 Å². The zero-order chi connectivity index (χ0) is 33.3. The van der Waals surface area contributed by atoms with Gasteiger partial charge in [-0.3, -0.25) is 0 Å². The summed E-state index contributed by atoms with van der Waals surface area (Å²) in [6.45, 7) is 0. The van der Waals surface area contributed by atoms with E-state index >= 15 is 0 Å². The van der Waals surface area contributed by atoms with Crippen LogP contribution in [0.25, 0.3) is 60.9 Å². The number of anilines is 3. The van der Waals surface area contributed by atoms with Crippen molar-refractivity contribution in [3.63, 3.8) is 0 Å². The van der Waals surface area contributed by atoms with E-state index in [1.165, 1.54) is 44.1 Å². The SMILES string of the molecule is c1ccc(-c2ccc(N(c3ccc(-c4ccccc4)cc3)c3ccc(-c4cccc5c4c4ccccc4n5-c4ccccc4)cc3)cc2)cc#1. The minimum Gasteiger partial charge on any atom is -0.311 e. The van der Waals surface area contributed by atoms with Crippen molar-refractivity contribution >= 4 is 38.9 Å². The highest BCUT2D eigenvalue weighted by atomic mass is 15.1. The zero-order valence-corrected chi connectivity index (χ0v) is 27.4. The number of hydrogen-bond acceptors (Lipinski definition) is 1. The van der Waals surface area contributed by atoms with Gasteiger partial charge in [0.15, 0.2) is 0 Å². The summed E-state index contributed by atoms with van der Waals surface area (Å²) < 4.78 is 2.37. The molecule has 0 saturated heterocycles. The Bertz CT molecular complexity index is 2450. The van der Waals surface area contributed by atoms with Crippen LogP contribution in [0, 0.1) is 12.1 Å². The van der Waals surface area contributed by atoms with E-state index in [2.05, 4.69) is 204 Å². The van der Waals surface area contributed by atoms with Gasteiger partial charge in [-0.25, -0.2) is 0 Å². The van der Waals surface area contributed by atoms with Crippen molar-refractivity contribution in [1.82, 2.24) is 4.57 Å². The lowest BCUT2D eigenvalue weighted by atomic mass is 9.99. The number of aromatic nitrogens is 1. The molecule has 0 atom stereocenters. The van der Waals surface area contributed by atoms with Crippen LogP contribution in [0.1, 0.15) is 0 Å². The third kappa shape index (κ3) is 5.28. The molecule has 0 unspecified atom stereocenters. The van der Waals surface area contributed by atoms with Crippen molar-refractivity contribution in [2.45, 2.75) is 0 Å². The third-order valence-electron chi connectivity index (χ3n) is 9.50. The molecule has 1 heterocycles. The van der Waals surface area contributed by atoms with Gasteiger partial charge in [-0.15, -0.1) is 0 Å². The summed E-state index contributed by atoms with van der Waals surface area (Å²) >= 11 is 0. The summed E-state index contributed by atoms with van der Waals surface area (Å²) in [7, 11) is 0. The lowest BCUT2D eigenvalue weighted by molar-refractivity contribution is 1.18. The summed E-state index contributed by atoms with van der Waals surface area (Å²) in [4.78, 5) is 2.33. The van der Waals surface area contributed by atoms with Gasteiger partial charge in [0.25, 0.3) is 0 Å². The summed E-state index contributed by atoms with van der Waals surface area (Å²) in [6.07, 6.45) is 0. The second kappa shape index (κ2) is 12.7. The molecule has 0 N–H and O–H groups in total. The zero-order valence-electron chi connectivity index (χ0n) is 27.4. The van der Waals surface area contributed by atoms with Gasteiger partial charge in [0.05, 0.1) is 11.0 Å². The predicted octanol–water partition coefficient (Wildman–Crippen LogP) is 12.9. The molecule has 0 amide bonds. The van der Waals surface area contributed by atoms with E-state index < -0.39 is 0 Å². The van der Waals surface area contributed by atoms with Crippen LogP contribution in [0.2, 0.25) is 0 Å². The first-order valence-electron chi connectivity index (χ1n) is 16.9. The number of para-hydroxylation sites is 2. The largest absolute Gasteiger partial charge is 0.311 e. The molecular formula is C48H32N2. The maximum absolute atomic E-state index is 3.08. The van der Waals surface area contributed by atoms with E-state index in [0.717, 1.165) is 33.9 Å². The average Bonchev–Trinajstić information content (AvgIpc) is 3.55. The lowest BCUT2D eigenvalue weighted by Crippen LogP contribution is -2.09. The lowest BCUT2D eigenvalue weighted by Gasteiger charge is -2.26. The Labute approximate surface area is 292 Å². The summed E-state index contributed by atoms with van der Waals surface area (Å²) in [5, 5.41) is 2.51. The molecule has 0 aliphatic carbocycles. The van der Waals surface area contributed by atoms with Gasteiger partial charge in [0, 0.05) is 33.5 Å². The van der Waals surface area contributed by atoms with E-state index in [1.54, 1.807) is 0 Å². The topological polar surface area (TPSA) is 8.17 Å². The standard InChI is InChI=1S/C48H32N2/c1-4-13-35(14-5-1)37-23-29-41(30-24-37)49(42-31-25-38(26-32-42)36-15-6-2-7-16-36)43-33-27-39(28-34-43)44-20-12-22-47-48(44)45-19-10-11-21-46(45)50(47)40-17-8-3-9-18-40/h1,3-6,8-34H. The molecule has 1 aromatic heterocycles. The fourth-order valence-corrected chi connectivity index (χ4v) is 7.12. The van der Waals surface area contributed by atoms with Crippen molar-refractivity contribution < 1.29 is 0 Å². The summed E-state index contributed by atoms with van der Waals surface area (Å²) in [5.41, 5.74) is 13.9. The van der Waals surface area contributed by atoms with Crippen LogP contribution in [0.15, 0.2) is 194 Å². The molecule has 0 saturated carbocycles. The molecular weight excluding hydrogens is 605 g/mol. The quantitative estimate of drug-likeness (QED) is 0.169. The Morgan fingerprint density at radius 3 is 1.56 bits per heavy atom. The van der Waals surface area contributed by atoms with Gasteiger partial charge in [-0.05, 0) is 112 Å². The Morgan fingerprint density at radius 1 is 0.380 bits per heavy atom. The highest BCUT2D eigenvalue weighted by molar-refractivity contribution is 6.15. The molecule has 234 valence electrons. The number of benzene rings is 7. The highest BCUT2D eigenvalue weighted by Gasteiger charge is 2.17. The molecule has 0 aliphatic rings. The van der Waals surface area contributed by atoms with Crippen LogP contribution in [-0.4, -0.2) is 4.57 Å². The normalized spacial score (nSPS) is 11.0. The third-order valence-corrected chi connectivity index (χ3v) is 9.50. The van der Waals surface area contributed by atoms with Crippen molar-refractivity contribution in [1.29, 1.82) is 0 Å². The number of hydrogen-bond donors (Lipinski definition) is 0. The van der Waals surface area contributed by atoms with E-state index in [9.17, 15) is 0 Å². The van der Waals surface area contributed by atoms with Gasteiger partial charge in [-0.2, -0.15) is 0 Å². The number of fused-ring (bicyclic) bond motifs is 3. The van der Waals surface area contributed by atoms with Crippen LogP contribution in [0.3, 0.4) is 0 Å². The monoisotopic (exact) mass is 636 g/mol. The first-order valence-corrected chi connectivity index (χ1v) is 16.9. The van der Waals surface area contributed by atoms with Crippen LogP contribution in [0.4, 0.5) is 17.1 Å². The smallest absolute Gasteiger partial charge is 0.0547 e. The minimum absolute atomic E-state index is 1.09. The molecule has 9 aromatic rings. The van der Waals surface area contributed by atoms with Crippen LogP contribution < -0.4 is 4.90 Å². The van der Waals surface area contributed by atoms with E-state index in [1.807, 2.05) is 12.1 Å². The van der Waals surface area contributed by atoms with Gasteiger partial charge in [0.1, 0.15) is 0 Å². The second-order valence-electron chi connectivity index (χ2n) is 12.5. The predicted molar refractivity (Wildman–Crippen MR) is 209 cm³/mol. The molecule has 0 fully saturated rings. The average molecular weight is 637 g/mol. The highest BCUT2D eigenvalue weighted by Crippen LogP contribution is 2.41. The molecule has 8 aromatic carbocycles. The van der Waals surface area contributed by atoms with Crippen LogP contribution in [0.5, 0.6) is 0 Å². The second-order valence-corrected chi connectivity index (χ2v) is 12.5. The Kier molecular flexibility index (Phi) is 7.42. The Hall–Kier alpha value is -6.82. The Morgan fingerprint density at radius 2 is 0.920 bits per heavy atom. The first kappa shape index (κ1) is 29.3. The van der Waals surface area contributed by atoms with Gasteiger partial charge < -0.3 is 9.47 Å². The molecule has 2 heteroatoms. The molecule has 0 aliphatic heterocycles. The molecule has 2 nitrogen and oxygen atoms in total. The maximum Gasteiger partial charge on any atom is 0.0547 e. The number of nitrogens with zero attached hydrogens (tertiary/aromatic N) is 2. The Balaban J connectivity index is 1.14. The van der Waals surface area contributed by atoms with Crippen molar-refractivity contribution in [2.75, 3.05) is 4.90 Å². The molecule has 0 radical (unpaired) electrons. The fraction of sp³-hybridized carbons (Fsp3) is 0. The van der Waals surface area contributed by atoms with Gasteiger partial charge >= 0.3 is 0 Å². The van der Waals surface area contributed by atoms with Crippen molar-refractivity contribution in [3.05, 3.63) is 206 Å². The molecule has 50 heavy (non-hydrogen) atoms. The molecule has 9 rings (SSSR count). The summed E-state index contributed by atoms with van der Waals surface area (Å²) in [5.74, 6) is 0. The van der Waals surface area contributed by atoms with Crippen molar-refractivity contribution in [3.8, 4) is 39.1 Å². The van der Waals surface area contributed by atoms with E-state index in [4.69, 9.17) is 0 Å². The van der Waals surface area contributed by atoms with Gasteiger partial charge in [-0.1, -0.05) is 127 Å².